The predicted octanol–water partition coefficient (Wildman–Crippen LogP) is 0.809. The molecular weight excluding hydrogens is 282 g/mol. The van der Waals surface area contributed by atoms with Gasteiger partial charge in [0.2, 0.25) is 5.91 Å². The van der Waals surface area contributed by atoms with Gasteiger partial charge < -0.3 is 10.0 Å². The number of carbonyl (C=O) groups excluding carboxylic acids is 1. The highest BCUT2D eigenvalue weighted by atomic mass is 32.2. The molecule has 1 unspecified atom stereocenters. The maximum absolute atomic E-state index is 12.2. The Labute approximate surface area is 119 Å². The summed E-state index contributed by atoms with van der Waals surface area (Å²) in [6.07, 6.45) is 4.93. The van der Waals surface area contributed by atoms with E-state index in [1.165, 1.54) is 4.90 Å². The van der Waals surface area contributed by atoms with Crippen LogP contribution in [0, 0.1) is 0 Å². The van der Waals surface area contributed by atoms with Gasteiger partial charge in [-0.15, -0.1) is 0 Å². The molecule has 1 amide bonds. The largest absolute Gasteiger partial charge is 0.480 e. The van der Waals surface area contributed by atoms with Gasteiger partial charge in [-0.1, -0.05) is 12.8 Å². The number of hydrogen-bond donors (Lipinski definition) is 1. The van der Waals surface area contributed by atoms with E-state index in [4.69, 9.17) is 5.11 Å². The highest BCUT2D eigenvalue weighted by Gasteiger charge is 2.36. The molecule has 0 radical (unpaired) electrons. The number of piperidine rings is 1. The first-order valence-electron chi connectivity index (χ1n) is 7.15. The molecule has 114 valence electrons. The van der Waals surface area contributed by atoms with E-state index in [0.29, 0.717) is 25.8 Å². The maximum Gasteiger partial charge on any atom is 0.326 e. The first-order chi connectivity index (χ1) is 9.42. The van der Waals surface area contributed by atoms with E-state index >= 15 is 0 Å². The van der Waals surface area contributed by atoms with Crippen LogP contribution in [-0.2, 0) is 19.4 Å². The summed E-state index contributed by atoms with van der Waals surface area (Å²) in [6, 6.07) is -0.866. The second-order valence-electron chi connectivity index (χ2n) is 5.65. The predicted molar refractivity (Wildman–Crippen MR) is 73.0 cm³/mol. The van der Waals surface area contributed by atoms with E-state index in [2.05, 4.69) is 0 Å². The molecule has 20 heavy (non-hydrogen) atoms. The highest BCUT2D eigenvalue weighted by molar-refractivity contribution is 7.92. The van der Waals surface area contributed by atoms with Crippen LogP contribution < -0.4 is 0 Å². The Morgan fingerprint density at radius 2 is 1.65 bits per heavy atom. The molecule has 2 aliphatic rings. The van der Waals surface area contributed by atoms with Gasteiger partial charge in [-0.3, -0.25) is 4.79 Å². The van der Waals surface area contributed by atoms with Crippen LogP contribution in [0.4, 0.5) is 0 Å². The van der Waals surface area contributed by atoms with E-state index in [9.17, 15) is 18.0 Å². The van der Waals surface area contributed by atoms with E-state index in [1.807, 2.05) is 0 Å². The van der Waals surface area contributed by atoms with Crippen molar-refractivity contribution in [3.05, 3.63) is 0 Å². The van der Waals surface area contributed by atoms with Gasteiger partial charge in [-0.2, -0.15) is 0 Å². The Morgan fingerprint density at radius 3 is 2.25 bits per heavy atom. The van der Waals surface area contributed by atoms with Crippen LogP contribution in [0.3, 0.4) is 0 Å². The fraction of sp³-hybridized carbons (Fsp3) is 0.846. The van der Waals surface area contributed by atoms with Gasteiger partial charge in [0.05, 0.1) is 5.25 Å². The van der Waals surface area contributed by atoms with Gasteiger partial charge >= 0.3 is 5.97 Å². The fourth-order valence-electron chi connectivity index (χ4n) is 3.11. The van der Waals surface area contributed by atoms with Crippen molar-refractivity contribution in [2.75, 3.05) is 12.3 Å². The van der Waals surface area contributed by atoms with Crippen molar-refractivity contribution >= 4 is 21.7 Å². The van der Waals surface area contributed by atoms with Crippen LogP contribution in [-0.4, -0.2) is 53.9 Å². The summed E-state index contributed by atoms with van der Waals surface area (Å²) in [4.78, 5) is 24.6. The molecule has 2 rings (SSSR count). The fourth-order valence-corrected chi connectivity index (χ4v) is 4.90. The standard InChI is InChI=1S/C13H21NO5S/c15-12(9-20(18,19)10-5-1-2-6-10)14-8-4-3-7-11(14)13(16)17/h10-11H,1-9H2,(H,16,17). The minimum Gasteiger partial charge on any atom is -0.480 e. The number of nitrogens with zero attached hydrogens (tertiary/aromatic N) is 1. The highest BCUT2D eigenvalue weighted by Crippen LogP contribution is 2.26. The van der Waals surface area contributed by atoms with Gasteiger partial charge in [-0.25, -0.2) is 13.2 Å². The van der Waals surface area contributed by atoms with Crippen molar-refractivity contribution in [2.45, 2.75) is 56.2 Å². The minimum atomic E-state index is -3.44. The molecule has 1 heterocycles. The molecule has 1 atom stereocenters. The van der Waals surface area contributed by atoms with E-state index < -0.39 is 38.8 Å². The van der Waals surface area contributed by atoms with Crippen LogP contribution in [0.2, 0.25) is 0 Å². The summed E-state index contributed by atoms with van der Waals surface area (Å²) in [5, 5.41) is 8.71. The third kappa shape index (κ3) is 3.31. The zero-order valence-corrected chi connectivity index (χ0v) is 12.3. The first kappa shape index (κ1) is 15.3. The molecule has 6 nitrogen and oxygen atoms in total. The molecule has 1 N–H and O–H groups in total. The van der Waals surface area contributed by atoms with Gasteiger partial charge in [0.25, 0.3) is 0 Å². The Hall–Kier alpha value is -1.11. The van der Waals surface area contributed by atoms with Gasteiger partial charge in [0, 0.05) is 6.54 Å². The summed E-state index contributed by atoms with van der Waals surface area (Å²) in [5.41, 5.74) is 0. The molecule has 0 aromatic carbocycles. The lowest BCUT2D eigenvalue weighted by atomic mass is 10.0. The number of sulfone groups is 1. The molecule has 1 aliphatic carbocycles. The van der Waals surface area contributed by atoms with Crippen molar-refractivity contribution in [3.8, 4) is 0 Å². The average molecular weight is 303 g/mol. The zero-order chi connectivity index (χ0) is 14.8. The molecule has 0 aromatic heterocycles. The lowest BCUT2D eigenvalue weighted by Crippen LogP contribution is -2.50. The monoisotopic (exact) mass is 303 g/mol. The number of amides is 1. The maximum atomic E-state index is 12.2. The summed E-state index contributed by atoms with van der Waals surface area (Å²) < 4.78 is 24.3. The number of rotatable bonds is 4. The summed E-state index contributed by atoms with van der Waals surface area (Å²) in [5.74, 6) is -2.14. The molecule has 1 aliphatic heterocycles. The van der Waals surface area contributed by atoms with Gasteiger partial charge in [-0.05, 0) is 32.1 Å². The third-order valence-electron chi connectivity index (χ3n) is 4.24. The number of carbonyl (C=O) groups is 2. The molecule has 1 saturated heterocycles. The van der Waals surface area contributed by atoms with E-state index in [-0.39, 0.29) is 0 Å². The van der Waals surface area contributed by atoms with Crippen molar-refractivity contribution < 1.29 is 23.1 Å². The van der Waals surface area contributed by atoms with Crippen LogP contribution in [0.25, 0.3) is 0 Å². The first-order valence-corrected chi connectivity index (χ1v) is 8.87. The van der Waals surface area contributed by atoms with Crippen molar-refractivity contribution in [1.82, 2.24) is 4.90 Å². The van der Waals surface area contributed by atoms with E-state index in [1.54, 1.807) is 0 Å². The topological polar surface area (TPSA) is 91.8 Å². The Bertz CT molecular complexity index is 481. The minimum absolute atomic E-state index is 0.343. The molecule has 2 fully saturated rings. The Kier molecular flexibility index (Phi) is 4.67. The number of carboxylic acids is 1. The van der Waals surface area contributed by atoms with Crippen molar-refractivity contribution in [1.29, 1.82) is 0 Å². The normalized spacial score (nSPS) is 24.8. The third-order valence-corrected chi connectivity index (χ3v) is 6.38. The van der Waals surface area contributed by atoms with E-state index in [0.717, 1.165) is 25.7 Å². The number of aliphatic carboxylic acids is 1. The summed E-state index contributed by atoms with van der Waals surface area (Å²) in [6.45, 7) is 0.343. The SMILES string of the molecule is O=C(O)C1CCCCN1C(=O)CS(=O)(=O)C1CCCC1. The molecule has 1 saturated carbocycles. The molecular formula is C13H21NO5S. The molecule has 0 bridgehead atoms. The average Bonchev–Trinajstić information content (AvgIpc) is 2.92. The Morgan fingerprint density at radius 1 is 1.05 bits per heavy atom. The quantitative estimate of drug-likeness (QED) is 0.829. The second kappa shape index (κ2) is 6.11. The lowest BCUT2D eigenvalue weighted by molar-refractivity contribution is -0.151. The van der Waals surface area contributed by atoms with Crippen molar-refractivity contribution in [2.24, 2.45) is 0 Å². The van der Waals surface area contributed by atoms with Crippen LogP contribution in [0.15, 0.2) is 0 Å². The lowest BCUT2D eigenvalue weighted by Gasteiger charge is -2.33. The smallest absolute Gasteiger partial charge is 0.326 e. The van der Waals surface area contributed by atoms with Gasteiger partial charge in [0.15, 0.2) is 9.84 Å². The molecule has 0 aromatic rings. The number of hydrogen-bond acceptors (Lipinski definition) is 4. The number of likely N-dealkylation sites (tertiary alicyclic amines) is 1. The second-order valence-corrected chi connectivity index (χ2v) is 7.93. The summed E-state index contributed by atoms with van der Waals surface area (Å²) >= 11 is 0. The van der Waals surface area contributed by atoms with Crippen LogP contribution in [0.5, 0.6) is 0 Å². The van der Waals surface area contributed by atoms with Crippen molar-refractivity contribution in [3.63, 3.8) is 0 Å². The van der Waals surface area contributed by atoms with Gasteiger partial charge in [0.1, 0.15) is 11.8 Å². The van der Waals surface area contributed by atoms with Crippen LogP contribution in [0.1, 0.15) is 44.9 Å². The number of carboxylic acid groups (broad SMARTS) is 1. The Balaban J connectivity index is 2.04. The zero-order valence-electron chi connectivity index (χ0n) is 11.5. The molecule has 7 heteroatoms. The molecule has 0 spiro atoms. The summed E-state index contributed by atoms with van der Waals surface area (Å²) in [7, 11) is -3.44. The van der Waals surface area contributed by atoms with Crippen LogP contribution >= 0.6 is 0 Å².